The molecule has 2 amide bonds. The number of urea groups is 1. The molecule has 0 heterocycles. The van der Waals surface area contributed by atoms with Crippen LogP contribution >= 0.6 is 0 Å². The molecule has 0 bridgehead atoms. The summed E-state index contributed by atoms with van der Waals surface area (Å²) >= 11 is 0. The minimum atomic E-state index is -0.787. The van der Waals surface area contributed by atoms with Crippen LogP contribution in [0.4, 0.5) is 10.5 Å². The van der Waals surface area contributed by atoms with Crippen LogP contribution in [0, 0.1) is 10.1 Å². The average Bonchev–Trinajstić information content (AvgIpc) is 2.26. The molecule has 1 aromatic carbocycles. The molecule has 0 aliphatic rings. The van der Waals surface area contributed by atoms with Crippen molar-refractivity contribution >= 4 is 17.4 Å². The monoisotopic (exact) mass is 222 g/mol. The zero-order valence-electron chi connectivity index (χ0n) is 8.51. The molecule has 3 N–H and O–H groups in total. The molecule has 84 valence electrons. The minimum absolute atomic E-state index is 0.0360. The van der Waals surface area contributed by atoms with E-state index in [1.54, 1.807) is 13.0 Å². The highest BCUT2D eigenvalue weighted by atomic mass is 16.6. The number of amides is 2. The van der Waals surface area contributed by atoms with Crippen molar-refractivity contribution in [3.05, 3.63) is 39.9 Å². The summed E-state index contributed by atoms with van der Waals surface area (Å²) in [6, 6.07) is 5.13. The summed E-state index contributed by atoms with van der Waals surface area (Å²) in [5.41, 5.74) is 7.82. The Morgan fingerprint density at radius 1 is 1.56 bits per heavy atom. The number of nitrogens with two attached hydrogens (primary N) is 1. The Morgan fingerprint density at radius 2 is 2.25 bits per heavy atom. The molecule has 0 aliphatic heterocycles. The van der Waals surface area contributed by atoms with Crippen LogP contribution in [0.15, 0.2) is 29.4 Å². The molecule has 0 aromatic heterocycles. The van der Waals surface area contributed by atoms with Crippen LogP contribution in [0.25, 0.3) is 0 Å². The van der Waals surface area contributed by atoms with E-state index < -0.39 is 11.0 Å². The number of nitro benzene ring substituents is 1. The lowest BCUT2D eigenvalue weighted by Gasteiger charge is -2.00. The molecule has 7 heteroatoms. The molecule has 0 radical (unpaired) electrons. The molecule has 16 heavy (non-hydrogen) atoms. The molecule has 0 atom stereocenters. The zero-order chi connectivity index (χ0) is 12.1. The summed E-state index contributed by atoms with van der Waals surface area (Å²) in [7, 11) is 0. The van der Waals surface area contributed by atoms with Crippen molar-refractivity contribution < 1.29 is 9.72 Å². The fraction of sp³-hybridized carbons (Fsp3) is 0.111. The highest BCUT2D eigenvalue weighted by molar-refractivity contribution is 5.99. The second kappa shape index (κ2) is 4.87. The third-order valence-corrected chi connectivity index (χ3v) is 1.81. The highest BCUT2D eigenvalue weighted by Gasteiger charge is 2.07. The van der Waals surface area contributed by atoms with Gasteiger partial charge in [0.15, 0.2) is 0 Å². The molecule has 0 fully saturated rings. The standard InChI is InChI=1S/C9H10N4O3/c1-6(11-12-9(10)14)7-3-2-4-8(5-7)13(15)16/h2-5H,1H3,(H3,10,12,14)/b11-6+. The first-order chi connectivity index (χ1) is 7.50. The summed E-state index contributed by atoms with van der Waals surface area (Å²) in [4.78, 5) is 20.4. The number of benzene rings is 1. The van der Waals surface area contributed by atoms with Crippen molar-refractivity contribution in [2.45, 2.75) is 6.92 Å². The van der Waals surface area contributed by atoms with Gasteiger partial charge in [0.25, 0.3) is 5.69 Å². The Kier molecular flexibility index (Phi) is 3.54. The van der Waals surface area contributed by atoms with E-state index in [1.807, 2.05) is 5.43 Å². The topological polar surface area (TPSA) is 111 Å². The SMILES string of the molecule is C/C(=N\NC(N)=O)c1cccc([N+](=O)[O-])c1. The summed E-state index contributed by atoms with van der Waals surface area (Å²) in [6.07, 6.45) is 0. The average molecular weight is 222 g/mol. The van der Waals surface area contributed by atoms with Gasteiger partial charge in [0.05, 0.1) is 10.6 Å². The molecule has 0 aliphatic carbocycles. The lowest BCUT2D eigenvalue weighted by molar-refractivity contribution is -0.384. The quantitative estimate of drug-likeness (QED) is 0.451. The van der Waals surface area contributed by atoms with Gasteiger partial charge >= 0.3 is 6.03 Å². The Balaban J connectivity index is 2.95. The van der Waals surface area contributed by atoms with E-state index in [0.29, 0.717) is 11.3 Å². The number of non-ortho nitro benzene ring substituents is 1. The molecule has 1 rings (SSSR count). The first-order valence-corrected chi connectivity index (χ1v) is 4.35. The fourth-order valence-electron chi connectivity index (χ4n) is 1.05. The van der Waals surface area contributed by atoms with E-state index in [9.17, 15) is 14.9 Å². The van der Waals surface area contributed by atoms with Crippen molar-refractivity contribution in [2.24, 2.45) is 10.8 Å². The first kappa shape index (κ1) is 11.6. The summed E-state index contributed by atoms with van der Waals surface area (Å²) in [5.74, 6) is 0. The number of nitrogens with one attached hydrogen (secondary N) is 1. The van der Waals surface area contributed by atoms with E-state index in [4.69, 9.17) is 5.73 Å². The minimum Gasteiger partial charge on any atom is -0.350 e. The van der Waals surface area contributed by atoms with Crippen LogP contribution in [-0.4, -0.2) is 16.7 Å². The lowest BCUT2D eigenvalue weighted by Crippen LogP contribution is -2.25. The normalized spacial score (nSPS) is 10.9. The molecule has 0 saturated carbocycles. The van der Waals surface area contributed by atoms with Crippen molar-refractivity contribution in [3.8, 4) is 0 Å². The second-order valence-electron chi connectivity index (χ2n) is 2.98. The number of carbonyl (C=O) groups is 1. The number of nitro groups is 1. The molecular weight excluding hydrogens is 212 g/mol. The highest BCUT2D eigenvalue weighted by Crippen LogP contribution is 2.13. The molecule has 0 saturated heterocycles. The molecule has 0 spiro atoms. The van der Waals surface area contributed by atoms with E-state index in [2.05, 4.69) is 5.10 Å². The number of primary amides is 1. The Labute approximate surface area is 91.1 Å². The molecule has 0 unspecified atom stereocenters. The molecule has 1 aromatic rings. The van der Waals surface area contributed by atoms with Crippen LogP contribution in [0.2, 0.25) is 0 Å². The van der Waals surface area contributed by atoms with Gasteiger partial charge in [-0.2, -0.15) is 5.10 Å². The number of carbonyl (C=O) groups excluding carboxylic acids is 1. The van der Waals surface area contributed by atoms with Gasteiger partial charge in [-0.05, 0) is 6.92 Å². The number of hydrogen-bond donors (Lipinski definition) is 2. The Bertz CT molecular complexity index is 456. The first-order valence-electron chi connectivity index (χ1n) is 4.35. The van der Waals surface area contributed by atoms with Crippen molar-refractivity contribution in [2.75, 3.05) is 0 Å². The maximum atomic E-state index is 10.5. The van der Waals surface area contributed by atoms with Gasteiger partial charge in [-0.25, -0.2) is 10.2 Å². The van der Waals surface area contributed by atoms with Gasteiger partial charge in [0.1, 0.15) is 0 Å². The smallest absolute Gasteiger partial charge is 0.332 e. The summed E-state index contributed by atoms with van der Waals surface area (Å²) in [5, 5.41) is 14.2. The second-order valence-corrected chi connectivity index (χ2v) is 2.98. The van der Waals surface area contributed by atoms with Crippen molar-refractivity contribution in [3.63, 3.8) is 0 Å². The van der Waals surface area contributed by atoms with E-state index >= 15 is 0 Å². The van der Waals surface area contributed by atoms with Crippen LogP contribution in [0.1, 0.15) is 12.5 Å². The maximum Gasteiger partial charge on any atom is 0.332 e. The van der Waals surface area contributed by atoms with E-state index in [-0.39, 0.29) is 5.69 Å². The van der Waals surface area contributed by atoms with Crippen molar-refractivity contribution in [1.82, 2.24) is 5.43 Å². The largest absolute Gasteiger partial charge is 0.350 e. The van der Waals surface area contributed by atoms with E-state index in [0.717, 1.165) is 0 Å². The third kappa shape index (κ3) is 3.05. The van der Waals surface area contributed by atoms with Gasteiger partial charge < -0.3 is 5.73 Å². The summed E-state index contributed by atoms with van der Waals surface area (Å²) < 4.78 is 0. The number of nitrogens with zero attached hydrogens (tertiary/aromatic N) is 2. The van der Waals surface area contributed by atoms with Gasteiger partial charge in [0.2, 0.25) is 0 Å². The zero-order valence-corrected chi connectivity index (χ0v) is 8.51. The van der Waals surface area contributed by atoms with Gasteiger partial charge in [0, 0.05) is 17.7 Å². The lowest BCUT2D eigenvalue weighted by atomic mass is 10.1. The van der Waals surface area contributed by atoms with Crippen LogP contribution in [0.3, 0.4) is 0 Å². The number of hydrogen-bond acceptors (Lipinski definition) is 4. The number of rotatable bonds is 3. The fourth-order valence-corrected chi connectivity index (χ4v) is 1.05. The molecular formula is C9H10N4O3. The predicted octanol–water partition coefficient (Wildman–Crippen LogP) is 0.987. The van der Waals surface area contributed by atoms with Crippen LogP contribution < -0.4 is 11.2 Å². The maximum absolute atomic E-state index is 10.5. The van der Waals surface area contributed by atoms with Gasteiger partial charge in [-0.1, -0.05) is 12.1 Å². The third-order valence-electron chi connectivity index (χ3n) is 1.81. The summed E-state index contributed by atoms with van der Waals surface area (Å²) in [6.45, 7) is 1.61. The molecule has 7 nitrogen and oxygen atoms in total. The Hall–Kier alpha value is -2.44. The van der Waals surface area contributed by atoms with Gasteiger partial charge in [-0.3, -0.25) is 10.1 Å². The number of hydrazone groups is 1. The van der Waals surface area contributed by atoms with Crippen LogP contribution in [-0.2, 0) is 0 Å². The van der Waals surface area contributed by atoms with Gasteiger partial charge in [-0.15, -0.1) is 0 Å². The van der Waals surface area contributed by atoms with Crippen molar-refractivity contribution in [1.29, 1.82) is 0 Å². The van der Waals surface area contributed by atoms with E-state index in [1.165, 1.54) is 18.2 Å². The van der Waals surface area contributed by atoms with Crippen LogP contribution in [0.5, 0.6) is 0 Å². The predicted molar refractivity (Wildman–Crippen MR) is 58.0 cm³/mol. The Morgan fingerprint density at radius 3 is 2.81 bits per heavy atom.